The predicted molar refractivity (Wildman–Crippen MR) is 130 cm³/mol. The maximum Gasteiger partial charge on any atom is 0.246 e. The molecule has 1 aromatic heterocycles. The zero-order chi connectivity index (χ0) is 22.9. The number of anilines is 1. The molecule has 3 rings (SSSR count). The summed E-state index contributed by atoms with van der Waals surface area (Å²) in [5.74, 6) is 0.879. The molecule has 0 spiro atoms. The van der Waals surface area contributed by atoms with E-state index in [-0.39, 0.29) is 18.4 Å². The molecule has 2 amide bonds. The number of aryl methyl sites for hydroxylation is 1. The molecule has 2 aromatic carbocycles. The van der Waals surface area contributed by atoms with Gasteiger partial charge in [0.2, 0.25) is 11.8 Å². The van der Waals surface area contributed by atoms with E-state index in [1.165, 1.54) is 0 Å². The van der Waals surface area contributed by atoms with Gasteiger partial charge < -0.3 is 14.8 Å². The zero-order valence-corrected chi connectivity index (χ0v) is 19.0. The number of benzene rings is 2. The predicted octanol–water partition coefficient (Wildman–Crippen LogP) is 4.49. The molecule has 0 unspecified atom stereocenters. The fourth-order valence-electron chi connectivity index (χ4n) is 3.76. The monoisotopic (exact) mass is 432 g/mol. The summed E-state index contributed by atoms with van der Waals surface area (Å²) < 4.78 is 2.05. The lowest BCUT2D eigenvalue weighted by molar-refractivity contribution is -0.119. The van der Waals surface area contributed by atoms with E-state index < -0.39 is 0 Å². The van der Waals surface area contributed by atoms with E-state index in [4.69, 9.17) is 4.98 Å². The fraction of sp³-hybridized carbons (Fsp3) is 0.346. The van der Waals surface area contributed by atoms with Crippen LogP contribution in [0.4, 0.5) is 5.69 Å². The average molecular weight is 433 g/mol. The standard InChI is InChI=1S/C26H32N4O2/c1-4-29(21-13-7-5-8-14-21)25(31)19-30-23-16-11-10-15-22(23)28-24(30)17-9-6-12-18-27-26(32)20(2)3/h5,7-8,10-11,13-16H,2,4,6,9,12,17-19H2,1,3H3,(H,27,32). The Balaban J connectivity index is 1.67. The summed E-state index contributed by atoms with van der Waals surface area (Å²) in [6.07, 6.45) is 3.60. The molecule has 0 fully saturated rings. The molecule has 168 valence electrons. The van der Waals surface area contributed by atoms with Crippen molar-refractivity contribution >= 4 is 28.5 Å². The number of aromatic nitrogens is 2. The highest BCUT2D eigenvalue weighted by molar-refractivity contribution is 5.94. The first-order valence-corrected chi connectivity index (χ1v) is 11.2. The summed E-state index contributed by atoms with van der Waals surface area (Å²) in [4.78, 5) is 31.4. The first-order valence-electron chi connectivity index (χ1n) is 11.2. The highest BCUT2D eigenvalue weighted by Crippen LogP contribution is 2.20. The number of carbonyl (C=O) groups excluding carboxylic acids is 2. The Hall–Kier alpha value is -3.41. The highest BCUT2D eigenvalue weighted by atomic mass is 16.2. The lowest BCUT2D eigenvalue weighted by atomic mass is 10.2. The summed E-state index contributed by atoms with van der Waals surface area (Å²) in [7, 11) is 0. The third-order valence-corrected chi connectivity index (χ3v) is 5.46. The molecule has 0 saturated heterocycles. The van der Waals surface area contributed by atoms with Gasteiger partial charge in [0.15, 0.2) is 0 Å². The van der Waals surface area contributed by atoms with Crippen molar-refractivity contribution in [1.29, 1.82) is 0 Å². The zero-order valence-electron chi connectivity index (χ0n) is 19.0. The average Bonchev–Trinajstić information content (AvgIpc) is 3.14. The molecule has 0 aliphatic carbocycles. The minimum absolute atomic E-state index is 0.0469. The molecule has 1 N–H and O–H groups in total. The van der Waals surface area contributed by atoms with Crippen molar-refractivity contribution in [2.24, 2.45) is 0 Å². The Bertz CT molecular complexity index is 1070. The van der Waals surface area contributed by atoms with Crippen molar-refractivity contribution in [3.63, 3.8) is 0 Å². The molecule has 0 atom stereocenters. The number of nitrogens with zero attached hydrogens (tertiary/aromatic N) is 3. The molecule has 0 radical (unpaired) electrons. The summed E-state index contributed by atoms with van der Waals surface area (Å²) >= 11 is 0. The molecule has 0 aliphatic rings. The number of nitrogens with one attached hydrogen (secondary N) is 1. The molecular formula is C26H32N4O2. The van der Waals surface area contributed by atoms with Crippen molar-refractivity contribution in [3.05, 3.63) is 72.6 Å². The van der Waals surface area contributed by atoms with E-state index in [1.54, 1.807) is 6.92 Å². The Labute approximate surface area is 189 Å². The van der Waals surface area contributed by atoms with Gasteiger partial charge in [-0.25, -0.2) is 4.98 Å². The first-order chi connectivity index (χ1) is 15.5. The number of unbranched alkanes of at least 4 members (excludes halogenated alkanes) is 2. The van der Waals surface area contributed by atoms with Crippen LogP contribution in [0.3, 0.4) is 0 Å². The Morgan fingerprint density at radius 2 is 1.75 bits per heavy atom. The maximum atomic E-state index is 13.2. The van der Waals surface area contributed by atoms with Gasteiger partial charge in [-0.1, -0.05) is 43.3 Å². The lowest BCUT2D eigenvalue weighted by Crippen LogP contribution is -2.34. The van der Waals surface area contributed by atoms with Crippen molar-refractivity contribution in [2.75, 3.05) is 18.0 Å². The van der Waals surface area contributed by atoms with E-state index in [1.807, 2.05) is 71.0 Å². The van der Waals surface area contributed by atoms with E-state index >= 15 is 0 Å². The molecule has 6 heteroatoms. The van der Waals surface area contributed by atoms with Crippen LogP contribution in [0.15, 0.2) is 66.7 Å². The Morgan fingerprint density at radius 3 is 2.47 bits per heavy atom. The number of hydrogen-bond donors (Lipinski definition) is 1. The number of fused-ring (bicyclic) bond motifs is 1. The quantitative estimate of drug-likeness (QED) is 0.358. The molecular weight excluding hydrogens is 400 g/mol. The maximum absolute atomic E-state index is 13.2. The third-order valence-electron chi connectivity index (χ3n) is 5.46. The normalized spacial score (nSPS) is 10.8. The number of amides is 2. The molecule has 0 saturated carbocycles. The van der Waals surface area contributed by atoms with Gasteiger partial charge >= 0.3 is 0 Å². The minimum atomic E-state index is -0.0933. The SMILES string of the molecule is C=C(C)C(=O)NCCCCCc1nc2ccccc2n1CC(=O)N(CC)c1ccccc1. The van der Waals surface area contributed by atoms with Crippen molar-refractivity contribution in [3.8, 4) is 0 Å². The van der Waals surface area contributed by atoms with Crippen LogP contribution < -0.4 is 10.2 Å². The van der Waals surface area contributed by atoms with Crippen LogP contribution in [0.25, 0.3) is 11.0 Å². The van der Waals surface area contributed by atoms with Crippen LogP contribution in [0.5, 0.6) is 0 Å². The summed E-state index contributed by atoms with van der Waals surface area (Å²) in [6.45, 7) is 8.86. The van der Waals surface area contributed by atoms with E-state index in [2.05, 4.69) is 11.9 Å². The number of para-hydroxylation sites is 3. The lowest BCUT2D eigenvalue weighted by Gasteiger charge is -2.22. The number of rotatable bonds is 11. The van der Waals surface area contributed by atoms with Gasteiger partial charge in [-0.2, -0.15) is 0 Å². The van der Waals surface area contributed by atoms with Gasteiger partial charge in [-0.05, 0) is 51.0 Å². The van der Waals surface area contributed by atoms with Crippen LogP contribution in [0.2, 0.25) is 0 Å². The van der Waals surface area contributed by atoms with Gasteiger partial charge in [0.25, 0.3) is 0 Å². The van der Waals surface area contributed by atoms with Gasteiger partial charge in [-0.3, -0.25) is 9.59 Å². The summed E-state index contributed by atoms with van der Waals surface area (Å²) in [5, 5.41) is 2.86. The number of likely N-dealkylation sites (N-methyl/N-ethyl adjacent to an activating group) is 1. The van der Waals surface area contributed by atoms with Crippen LogP contribution in [-0.2, 0) is 22.6 Å². The van der Waals surface area contributed by atoms with Crippen molar-refractivity contribution in [2.45, 2.75) is 46.1 Å². The van der Waals surface area contributed by atoms with Crippen LogP contribution in [0.1, 0.15) is 38.9 Å². The second kappa shape index (κ2) is 11.3. The first kappa shape index (κ1) is 23.3. The molecule has 1 heterocycles. The van der Waals surface area contributed by atoms with Gasteiger partial charge in [-0.15, -0.1) is 0 Å². The Morgan fingerprint density at radius 1 is 1.03 bits per heavy atom. The third kappa shape index (κ3) is 5.84. The van der Waals surface area contributed by atoms with Gasteiger partial charge in [0, 0.05) is 30.8 Å². The largest absolute Gasteiger partial charge is 0.352 e. The van der Waals surface area contributed by atoms with E-state index in [0.29, 0.717) is 18.7 Å². The van der Waals surface area contributed by atoms with E-state index in [0.717, 1.165) is 48.2 Å². The number of carbonyl (C=O) groups is 2. The molecule has 32 heavy (non-hydrogen) atoms. The summed E-state index contributed by atoms with van der Waals surface area (Å²) in [5.41, 5.74) is 3.32. The molecule has 6 nitrogen and oxygen atoms in total. The highest BCUT2D eigenvalue weighted by Gasteiger charge is 2.18. The second-order valence-electron chi connectivity index (χ2n) is 7.92. The van der Waals surface area contributed by atoms with Crippen molar-refractivity contribution in [1.82, 2.24) is 14.9 Å². The Kier molecular flexibility index (Phi) is 8.20. The van der Waals surface area contributed by atoms with Crippen LogP contribution >= 0.6 is 0 Å². The van der Waals surface area contributed by atoms with Crippen molar-refractivity contribution < 1.29 is 9.59 Å². The summed E-state index contributed by atoms with van der Waals surface area (Å²) in [6, 6.07) is 17.7. The minimum Gasteiger partial charge on any atom is -0.352 e. The van der Waals surface area contributed by atoms with Gasteiger partial charge in [0.05, 0.1) is 11.0 Å². The van der Waals surface area contributed by atoms with Crippen LogP contribution in [0, 0.1) is 0 Å². The van der Waals surface area contributed by atoms with Gasteiger partial charge in [0.1, 0.15) is 12.4 Å². The number of imidazole rings is 1. The smallest absolute Gasteiger partial charge is 0.246 e. The molecule has 0 bridgehead atoms. The molecule has 3 aromatic rings. The van der Waals surface area contributed by atoms with Crippen LogP contribution in [-0.4, -0.2) is 34.5 Å². The second-order valence-corrected chi connectivity index (χ2v) is 7.92. The van der Waals surface area contributed by atoms with E-state index in [9.17, 15) is 9.59 Å². The fourth-order valence-corrected chi connectivity index (χ4v) is 3.76. The number of hydrogen-bond acceptors (Lipinski definition) is 3. The molecule has 0 aliphatic heterocycles. The topological polar surface area (TPSA) is 67.2 Å².